The van der Waals surface area contributed by atoms with Crippen molar-refractivity contribution < 1.29 is 9.90 Å². The van der Waals surface area contributed by atoms with Crippen LogP contribution in [0.5, 0.6) is 0 Å². The van der Waals surface area contributed by atoms with Crippen LogP contribution in [-0.2, 0) is 11.2 Å². The Kier molecular flexibility index (Phi) is 4.43. The molecule has 0 spiro atoms. The van der Waals surface area contributed by atoms with Gasteiger partial charge in [0.2, 0.25) is 0 Å². The number of halogens is 2. The van der Waals surface area contributed by atoms with Crippen molar-refractivity contribution in [3.05, 3.63) is 30.9 Å². The number of carboxylic acid groups (broad SMARTS) is 1. The van der Waals surface area contributed by atoms with Gasteiger partial charge in [-0.1, -0.05) is 12.1 Å². The van der Waals surface area contributed by atoms with Crippen LogP contribution in [0.25, 0.3) is 0 Å². The van der Waals surface area contributed by atoms with Crippen LogP contribution in [0.3, 0.4) is 0 Å². The van der Waals surface area contributed by atoms with Crippen molar-refractivity contribution in [3.8, 4) is 0 Å². The zero-order chi connectivity index (χ0) is 9.84. The molecule has 0 atom stereocenters. The van der Waals surface area contributed by atoms with Crippen molar-refractivity contribution in [3.63, 3.8) is 0 Å². The van der Waals surface area contributed by atoms with Crippen LogP contribution in [0.1, 0.15) is 12.0 Å². The van der Waals surface area contributed by atoms with Gasteiger partial charge < -0.3 is 5.11 Å². The fraction of sp³-hybridized carbons (Fsp3) is 0.222. The number of aryl methyl sites for hydroxylation is 1. The fourth-order valence-electron chi connectivity index (χ4n) is 0.983. The van der Waals surface area contributed by atoms with Gasteiger partial charge in [0.05, 0.1) is 0 Å². The summed E-state index contributed by atoms with van der Waals surface area (Å²) in [5.74, 6) is -0.741. The summed E-state index contributed by atoms with van der Waals surface area (Å²) < 4.78 is 2.35. The predicted octanol–water partition coefficient (Wildman–Crippen LogP) is 2.91. The Balaban J connectivity index is 2.77. The van der Waals surface area contributed by atoms with Gasteiger partial charge in [0.1, 0.15) is 0 Å². The minimum absolute atomic E-state index is 0.204. The van der Waals surface area contributed by atoms with Crippen molar-refractivity contribution in [2.75, 3.05) is 0 Å². The molecular formula is C9H8I2O2. The summed E-state index contributed by atoms with van der Waals surface area (Å²) in [6.07, 6.45) is 0.820. The Hall–Kier alpha value is 0.150. The molecule has 1 aromatic rings. The quantitative estimate of drug-likeness (QED) is 0.791. The van der Waals surface area contributed by atoms with Crippen LogP contribution in [0.4, 0.5) is 0 Å². The average molecular weight is 402 g/mol. The molecule has 0 aliphatic rings. The Morgan fingerprint density at radius 1 is 1.38 bits per heavy atom. The maximum absolute atomic E-state index is 10.4. The van der Waals surface area contributed by atoms with Gasteiger partial charge in [0.15, 0.2) is 0 Å². The van der Waals surface area contributed by atoms with E-state index in [1.165, 1.54) is 7.14 Å². The van der Waals surface area contributed by atoms with E-state index in [4.69, 9.17) is 5.11 Å². The first-order chi connectivity index (χ1) is 6.11. The SMILES string of the molecule is O=C(O)CCc1cccc(I)c1I. The van der Waals surface area contributed by atoms with Gasteiger partial charge in [0.25, 0.3) is 0 Å². The molecule has 0 radical (unpaired) electrons. The lowest BCUT2D eigenvalue weighted by atomic mass is 10.1. The molecule has 0 aliphatic heterocycles. The summed E-state index contributed by atoms with van der Waals surface area (Å²) in [7, 11) is 0. The summed E-state index contributed by atoms with van der Waals surface area (Å²) in [6.45, 7) is 0. The average Bonchev–Trinajstić information content (AvgIpc) is 2.07. The zero-order valence-electron chi connectivity index (χ0n) is 6.76. The molecule has 0 unspecified atom stereocenters. The van der Waals surface area contributed by atoms with E-state index in [0.29, 0.717) is 6.42 Å². The normalized spacial score (nSPS) is 10.0. The van der Waals surface area contributed by atoms with Crippen LogP contribution < -0.4 is 0 Å². The van der Waals surface area contributed by atoms with Gasteiger partial charge in [-0.05, 0) is 63.2 Å². The lowest BCUT2D eigenvalue weighted by molar-refractivity contribution is -0.136. The fourth-order valence-corrected chi connectivity index (χ4v) is 2.17. The molecule has 1 rings (SSSR count). The Bertz CT molecular complexity index is 323. The molecule has 1 aromatic carbocycles. The van der Waals surface area contributed by atoms with E-state index in [9.17, 15) is 4.79 Å². The van der Waals surface area contributed by atoms with Gasteiger partial charge in [-0.2, -0.15) is 0 Å². The Morgan fingerprint density at radius 3 is 2.69 bits per heavy atom. The summed E-state index contributed by atoms with van der Waals surface area (Å²) >= 11 is 4.50. The summed E-state index contributed by atoms with van der Waals surface area (Å²) in [5.41, 5.74) is 1.12. The largest absolute Gasteiger partial charge is 0.481 e. The van der Waals surface area contributed by atoms with Gasteiger partial charge in [-0.3, -0.25) is 4.79 Å². The number of aliphatic carboxylic acids is 1. The number of rotatable bonds is 3. The second-order valence-electron chi connectivity index (χ2n) is 2.61. The van der Waals surface area contributed by atoms with Gasteiger partial charge in [-0.15, -0.1) is 0 Å². The van der Waals surface area contributed by atoms with E-state index in [-0.39, 0.29) is 6.42 Å². The first kappa shape index (κ1) is 11.2. The van der Waals surface area contributed by atoms with E-state index in [0.717, 1.165) is 5.56 Å². The second kappa shape index (κ2) is 5.14. The van der Waals surface area contributed by atoms with Gasteiger partial charge in [0, 0.05) is 13.6 Å². The highest BCUT2D eigenvalue weighted by molar-refractivity contribution is 14.1. The van der Waals surface area contributed by atoms with Crippen molar-refractivity contribution >= 4 is 51.2 Å². The molecule has 0 heterocycles. The maximum atomic E-state index is 10.4. The van der Waals surface area contributed by atoms with Crippen molar-refractivity contribution in [1.29, 1.82) is 0 Å². The molecule has 0 aliphatic carbocycles. The highest BCUT2D eigenvalue weighted by Gasteiger charge is 2.04. The van der Waals surface area contributed by atoms with E-state index in [1.54, 1.807) is 0 Å². The number of carboxylic acids is 1. The maximum Gasteiger partial charge on any atom is 0.303 e. The van der Waals surface area contributed by atoms with Crippen molar-refractivity contribution in [2.24, 2.45) is 0 Å². The zero-order valence-corrected chi connectivity index (χ0v) is 11.1. The molecule has 0 amide bonds. The lowest BCUT2D eigenvalue weighted by Gasteiger charge is -2.03. The van der Waals surface area contributed by atoms with Crippen molar-refractivity contribution in [2.45, 2.75) is 12.8 Å². The first-order valence-electron chi connectivity index (χ1n) is 3.76. The third-order valence-electron chi connectivity index (χ3n) is 1.64. The summed E-state index contributed by atoms with van der Waals surface area (Å²) in [4.78, 5) is 10.4. The minimum atomic E-state index is -0.741. The number of carbonyl (C=O) groups is 1. The predicted molar refractivity (Wildman–Crippen MR) is 67.8 cm³/mol. The van der Waals surface area contributed by atoms with Crippen LogP contribution in [0.15, 0.2) is 18.2 Å². The van der Waals surface area contributed by atoms with E-state index < -0.39 is 5.97 Å². The lowest BCUT2D eigenvalue weighted by Crippen LogP contribution is -1.99. The smallest absolute Gasteiger partial charge is 0.303 e. The molecule has 4 heteroatoms. The second-order valence-corrected chi connectivity index (χ2v) is 4.85. The van der Waals surface area contributed by atoms with E-state index >= 15 is 0 Å². The van der Waals surface area contributed by atoms with Gasteiger partial charge >= 0.3 is 5.97 Å². The third-order valence-corrected chi connectivity index (χ3v) is 4.84. The van der Waals surface area contributed by atoms with E-state index in [1.807, 2.05) is 18.2 Å². The van der Waals surface area contributed by atoms with Gasteiger partial charge in [-0.25, -0.2) is 0 Å². The Morgan fingerprint density at radius 2 is 2.08 bits per heavy atom. The highest BCUT2D eigenvalue weighted by atomic mass is 127. The topological polar surface area (TPSA) is 37.3 Å². The Labute approximate surface area is 104 Å². The van der Waals surface area contributed by atoms with E-state index in [2.05, 4.69) is 45.2 Å². The van der Waals surface area contributed by atoms with Crippen LogP contribution in [0.2, 0.25) is 0 Å². The van der Waals surface area contributed by atoms with Crippen LogP contribution in [0, 0.1) is 7.14 Å². The third kappa shape index (κ3) is 3.41. The molecule has 0 saturated carbocycles. The molecule has 1 N–H and O–H groups in total. The molecule has 2 nitrogen and oxygen atoms in total. The summed E-state index contributed by atoms with van der Waals surface area (Å²) in [6, 6.07) is 5.96. The number of hydrogen-bond acceptors (Lipinski definition) is 1. The highest BCUT2D eigenvalue weighted by Crippen LogP contribution is 2.20. The van der Waals surface area contributed by atoms with Crippen molar-refractivity contribution in [1.82, 2.24) is 0 Å². The molecule has 0 saturated heterocycles. The molecule has 0 bridgehead atoms. The van der Waals surface area contributed by atoms with Crippen LogP contribution in [-0.4, -0.2) is 11.1 Å². The molecule has 70 valence electrons. The summed E-state index contributed by atoms with van der Waals surface area (Å²) in [5, 5.41) is 8.53. The number of hydrogen-bond donors (Lipinski definition) is 1. The molecule has 0 aromatic heterocycles. The first-order valence-corrected chi connectivity index (χ1v) is 5.91. The standard InChI is InChI=1S/C9H8I2O2/c10-7-3-1-2-6(9(7)11)4-5-8(12)13/h1-3H,4-5H2,(H,12,13). The minimum Gasteiger partial charge on any atom is -0.481 e. The monoisotopic (exact) mass is 402 g/mol. The number of benzene rings is 1. The molecular weight excluding hydrogens is 394 g/mol. The molecule has 13 heavy (non-hydrogen) atoms. The van der Waals surface area contributed by atoms with Crippen LogP contribution >= 0.6 is 45.2 Å². The molecule has 0 fully saturated rings.